The molecule has 8 bridgehead atoms. The van der Waals surface area contributed by atoms with Gasteiger partial charge in [0.2, 0.25) is 0 Å². The molecule has 5 heterocycles. The molecule has 0 saturated carbocycles. The number of nitrogens with one attached hydrogen (secondary N) is 1. The highest BCUT2D eigenvalue weighted by atomic mass is 32.2. The maximum absolute atomic E-state index is 14.0. The molecule has 2 aliphatic rings. The van der Waals surface area contributed by atoms with E-state index in [-0.39, 0.29) is 5.82 Å². The molecule has 5 aromatic carbocycles. The third-order valence-corrected chi connectivity index (χ3v) is 9.59. The highest BCUT2D eigenvalue weighted by Gasteiger charge is 2.23. The van der Waals surface area contributed by atoms with Crippen LogP contribution in [0.25, 0.3) is 89.7 Å². The Bertz CT molecular complexity index is 2630. The van der Waals surface area contributed by atoms with Gasteiger partial charge in [-0.3, -0.25) is 0 Å². The van der Waals surface area contributed by atoms with Crippen molar-refractivity contribution in [3.8, 4) is 45.6 Å². The number of nitrogens with zero attached hydrogens (tertiary/aromatic N) is 7. The van der Waals surface area contributed by atoms with Gasteiger partial charge in [0, 0.05) is 48.7 Å². The number of rotatable bonds is 2. The van der Waals surface area contributed by atoms with Crippen LogP contribution in [0.2, 0.25) is 0 Å². The molecular weight excluding hydrogens is 620 g/mol. The Balaban J connectivity index is 1.42. The minimum atomic E-state index is -0.304. The Morgan fingerprint density at radius 1 is 0.438 bits per heavy atom. The van der Waals surface area contributed by atoms with Crippen molar-refractivity contribution in [2.75, 3.05) is 0 Å². The minimum Gasteiger partial charge on any atom is -0.324 e. The van der Waals surface area contributed by atoms with E-state index in [2.05, 4.69) is 4.98 Å². The Labute approximate surface area is 276 Å². The van der Waals surface area contributed by atoms with Crippen LogP contribution in [0.1, 0.15) is 0 Å². The van der Waals surface area contributed by atoms with Gasteiger partial charge in [0.1, 0.15) is 17.1 Å². The Kier molecular flexibility index (Phi) is 5.82. The number of benzene rings is 5. The lowest BCUT2D eigenvalue weighted by molar-refractivity contribution is 0.626. The lowest BCUT2D eigenvalue weighted by Crippen LogP contribution is -1.92. The lowest BCUT2D eigenvalue weighted by atomic mass is 10.1. The van der Waals surface area contributed by atoms with E-state index in [1.165, 1.54) is 24.1 Å². The fraction of sp³-hybridized carbons (Fsp3) is 0. The molecule has 8 aromatic rings. The zero-order valence-corrected chi connectivity index (χ0v) is 25.8. The summed E-state index contributed by atoms with van der Waals surface area (Å²) in [7, 11) is 0. The quantitative estimate of drug-likeness (QED) is 0.201. The van der Waals surface area contributed by atoms with E-state index in [0.29, 0.717) is 45.9 Å². The van der Waals surface area contributed by atoms with Gasteiger partial charge in [-0.1, -0.05) is 97.1 Å². The van der Waals surface area contributed by atoms with Gasteiger partial charge >= 0.3 is 0 Å². The van der Waals surface area contributed by atoms with Crippen molar-refractivity contribution in [1.82, 2.24) is 38.9 Å². The predicted octanol–water partition coefficient (Wildman–Crippen LogP) is 9.04. The van der Waals surface area contributed by atoms with E-state index in [9.17, 15) is 4.39 Å². The van der Waals surface area contributed by atoms with Crippen LogP contribution >= 0.6 is 11.9 Å². The van der Waals surface area contributed by atoms with E-state index in [1.807, 2.05) is 101 Å². The Hall–Kier alpha value is -6.26. The summed E-state index contributed by atoms with van der Waals surface area (Å²) in [6.07, 6.45) is 0. The largest absolute Gasteiger partial charge is 0.324 e. The molecule has 8 nitrogen and oxygen atoms in total. The number of hydrogen-bond donors (Lipinski definition) is 1. The summed E-state index contributed by atoms with van der Waals surface area (Å²) < 4.78 is 16.0. The van der Waals surface area contributed by atoms with Gasteiger partial charge in [-0.2, -0.15) is 0 Å². The Morgan fingerprint density at radius 3 is 1.29 bits per heavy atom. The molecule has 0 aliphatic carbocycles. The molecule has 0 fully saturated rings. The highest BCUT2D eigenvalue weighted by molar-refractivity contribution is 7.98. The summed E-state index contributed by atoms with van der Waals surface area (Å²) in [6.45, 7) is 0. The van der Waals surface area contributed by atoms with Crippen molar-refractivity contribution >= 4 is 56.1 Å². The zero-order chi connectivity index (χ0) is 31.8. The molecule has 0 unspecified atom stereocenters. The summed E-state index contributed by atoms with van der Waals surface area (Å²) in [5.41, 5.74) is 6.09. The van der Waals surface area contributed by atoms with E-state index < -0.39 is 0 Å². The molecule has 10 heteroatoms. The summed E-state index contributed by atoms with van der Waals surface area (Å²) in [5.74, 6) is 1.86. The first kappa shape index (κ1) is 26.9. The highest BCUT2D eigenvalue weighted by Crippen LogP contribution is 2.39. The average Bonchev–Trinajstić information content (AvgIpc) is 3.84. The maximum atomic E-state index is 14.0. The van der Waals surface area contributed by atoms with Crippen LogP contribution in [-0.4, -0.2) is 38.9 Å². The third-order valence-electron chi connectivity index (χ3n) is 8.58. The molecule has 226 valence electrons. The molecule has 48 heavy (non-hydrogen) atoms. The number of halogens is 1. The molecule has 10 rings (SSSR count). The van der Waals surface area contributed by atoms with Crippen LogP contribution in [0.4, 0.5) is 4.39 Å². The van der Waals surface area contributed by atoms with Crippen LogP contribution in [0.5, 0.6) is 0 Å². The van der Waals surface area contributed by atoms with Crippen molar-refractivity contribution in [3.05, 3.63) is 127 Å². The fourth-order valence-corrected chi connectivity index (χ4v) is 7.27. The molecule has 0 spiro atoms. The topological polar surface area (TPSA) is 98.1 Å². The Morgan fingerprint density at radius 2 is 0.833 bits per heavy atom. The monoisotopic (exact) mass is 640 g/mol. The van der Waals surface area contributed by atoms with Crippen molar-refractivity contribution < 1.29 is 4.39 Å². The van der Waals surface area contributed by atoms with Gasteiger partial charge in [0.25, 0.3) is 0 Å². The van der Waals surface area contributed by atoms with E-state index in [0.717, 1.165) is 48.7 Å². The van der Waals surface area contributed by atoms with Gasteiger partial charge in [0.15, 0.2) is 34.6 Å². The second-order valence-corrected chi connectivity index (χ2v) is 12.5. The molecule has 0 saturated heterocycles. The second-order valence-electron chi connectivity index (χ2n) is 11.5. The SMILES string of the molecule is Fc1ccc(Sn2c3nc4nc(nc5[nH]c(nc6nc(nc2c2ccccc23)-c2ccccc2-6)c2ccccc52)-c2ccccc2-4)cc1. The first-order valence-corrected chi connectivity index (χ1v) is 16.1. The van der Waals surface area contributed by atoms with Gasteiger partial charge in [0.05, 0.1) is 0 Å². The molecule has 1 N–H and O–H groups in total. The molecular formula is C38H21FN8S. The van der Waals surface area contributed by atoms with Gasteiger partial charge < -0.3 is 4.98 Å². The van der Waals surface area contributed by atoms with Crippen molar-refractivity contribution in [2.45, 2.75) is 4.90 Å². The lowest BCUT2D eigenvalue weighted by Gasteiger charge is -2.05. The van der Waals surface area contributed by atoms with Crippen LogP contribution in [0.15, 0.2) is 126 Å². The number of hydrogen-bond acceptors (Lipinski definition) is 7. The zero-order valence-electron chi connectivity index (χ0n) is 25.0. The van der Waals surface area contributed by atoms with Crippen molar-refractivity contribution in [1.29, 1.82) is 0 Å². The smallest absolute Gasteiger partial charge is 0.164 e. The van der Waals surface area contributed by atoms with Gasteiger partial charge in [-0.05, 0) is 36.2 Å². The van der Waals surface area contributed by atoms with Gasteiger partial charge in [-0.15, -0.1) is 0 Å². The van der Waals surface area contributed by atoms with Crippen LogP contribution in [0, 0.1) is 5.82 Å². The van der Waals surface area contributed by atoms with Crippen LogP contribution in [0.3, 0.4) is 0 Å². The summed E-state index contributed by atoms with van der Waals surface area (Å²) >= 11 is 1.41. The molecule has 2 aliphatic heterocycles. The predicted molar refractivity (Wildman–Crippen MR) is 187 cm³/mol. The van der Waals surface area contributed by atoms with E-state index in [4.69, 9.17) is 29.9 Å². The average molecular weight is 641 g/mol. The number of fused-ring (bicyclic) bond motifs is 20. The van der Waals surface area contributed by atoms with E-state index in [1.54, 1.807) is 12.1 Å². The molecule has 0 radical (unpaired) electrons. The summed E-state index contributed by atoms with van der Waals surface area (Å²) in [6, 6.07) is 38.4. The molecule has 0 amide bonds. The molecule has 0 atom stereocenters. The number of aromatic nitrogens is 8. The minimum absolute atomic E-state index is 0.304. The summed E-state index contributed by atoms with van der Waals surface area (Å²) in [4.78, 5) is 35.0. The van der Waals surface area contributed by atoms with Crippen LogP contribution < -0.4 is 0 Å². The van der Waals surface area contributed by atoms with E-state index >= 15 is 0 Å². The third kappa shape index (κ3) is 4.16. The second kappa shape index (κ2) is 10.4. The van der Waals surface area contributed by atoms with Crippen molar-refractivity contribution in [2.24, 2.45) is 0 Å². The normalized spacial score (nSPS) is 11.9. The van der Waals surface area contributed by atoms with Crippen LogP contribution in [-0.2, 0) is 0 Å². The van der Waals surface area contributed by atoms with Crippen molar-refractivity contribution in [3.63, 3.8) is 0 Å². The standard InChI is InChI=1S/C38H21FN8S/c39-21-17-19-22(20-18-21)48-47-37-29-15-7-8-16-30(29)38(47)46-36-28-14-6-4-12-26(28)34(44-36)42-32-24-10-2-1-9-23(24)31(40-32)41-33-25-11-3-5-13-27(25)35(43-33)45-37/h1-20H,(H,40,41,42,43,44,45,46). The fourth-order valence-electron chi connectivity index (χ4n) is 6.35. The first-order valence-electron chi connectivity index (χ1n) is 15.3. The van der Waals surface area contributed by atoms with Gasteiger partial charge in [-0.25, -0.2) is 38.3 Å². The first-order chi connectivity index (χ1) is 23.7. The molecule has 3 aromatic heterocycles. The maximum Gasteiger partial charge on any atom is 0.164 e. The number of aromatic amines is 1. The summed E-state index contributed by atoms with van der Waals surface area (Å²) in [5, 5.41) is 3.63. The number of H-pyrrole nitrogens is 1.